The van der Waals surface area contributed by atoms with Gasteiger partial charge in [-0.1, -0.05) is 32.5 Å². The summed E-state index contributed by atoms with van der Waals surface area (Å²) in [7, 11) is 0. The molecule has 0 aromatic carbocycles. The number of hydrogen-bond acceptors (Lipinski definition) is 1. The number of hydrogen-bond donors (Lipinski definition) is 1. The summed E-state index contributed by atoms with van der Waals surface area (Å²) in [6.07, 6.45) is 6.78. The smallest absolute Gasteiger partial charge is 0.0787 e. The summed E-state index contributed by atoms with van der Waals surface area (Å²) in [5.74, 6) is 2.39. The molecule has 80 valence electrons. The second kappa shape index (κ2) is 4.18. The summed E-state index contributed by atoms with van der Waals surface area (Å²) in [5, 5.41) is 3.60. The van der Waals surface area contributed by atoms with Gasteiger partial charge in [-0.3, -0.25) is 0 Å². The van der Waals surface area contributed by atoms with E-state index in [-0.39, 0.29) is 0 Å². The van der Waals surface area contributed by atoms with Crippen molar-refractivity contribution >= 4 is 17.2 Å². The largest absolute Gasteiger partial charge is 0.376 e. The van der Waals surface area contributed by atoms with Gasteiger partial charge in [-0.05, 0) is 37.5 Å². The maximum Gasteiger partial charge on any atom is 0.0787 e. The molecule has 0 aromatic rings. The third-order valence-corrected chi connectivity index (χ3v) is 4.57. The Morgan fingerprint density at radius 1 is 1.43 bits per heavy atom. The molecule has 1 saturated heterocycles. The first-order chi connectivity index (χ1) is 6.72. The Hall–Kier alpha value is -0.110. The molecule has 0 radical (unpaired) electrons. The third kappa shape index (κ3) is 1.81. The average molecular weight is 211 g/mol. The molecule has 1 aliphatic carbocycles. The minimum atomic E-state index is 0.663. The van der Waals surface area contributed by atoms with Gasteiger partial charge in [-0.25, -0.2) is 0 Å². The lowest BCUT2D eigenvalue weighted by atomic mass is 9.71. The van der Waals surface area contributed by atoms with Crippen molar-refractivity contribution in [2.75, 3.05) is 0 Å². The van der Waals surface area contributed by atoms with Gasteiger partial charge in [-0.2, -0.15) is 0 Å². The van der Waals surface area contributed by atoms with Crippen molar-refractivity contribution < 1.29 is 0 Å². The van der Waals surface area contributed by atoms with E-state index in [1.807, 2.05) is 0 Å². The second-order valence-electron chi connectivity index (χ2n) is 5.04. The van der Waals surface area contributed by atoms with E-state index in [0.717, 1.165) is 16.8 Å². The average Bonchev–Trinajstić information content (AvgIpc) is 2.19. The summed E-state index contributed by atoms with van der Waals surface area (Å²) in [6.45, 7) is 4.63. The fourth-order valence-electron chi connectivity index (χ4n) is 3.16. The molecule has 2 aliphatic rings. The molecule has 1 N–H and O–H groups in total. The lowest BCUT2D eigenvalue weighted by Crippen LogP contribution is -2.53. The standard InChI is InChI=1S/C12H21NS/c1-3-9-7-10-6-4-5-8(2)11(10)13-12(9)14/h8-11H,3-7H2,1-2H3,(H,13,14). The van der Waals surface area contributed by atoms with E-state index in [2.05, 4.69) is 19.2 Å². The topological polar surface area (TPSA) is 12.0 Å². The molecule has 1 nitrogen and oxygen atoms in total. The zero-order valence-electron chi connectivity index (χ0n) is 9.25. The van der Waals surface area contributed by atoms with Crippen molar-refractivity contribution in [1.29, 1.82) is 0 Å². The highest BCUT2D eigenvalue weighted by Gasteiger charge is 2.37. The second-order valence-corrected chi connectivity index (χ2v) is 5.48. The molecule has 0 spiro atoms. The summed E-state index contributed by atoms with van der Waals surface area (Å²) in [5.41, 5.74) is 0. The van der Waals surface area contributed by atoms with Crippen molar-refractivity contribution in [2.24, 2.45) is 17.8 Å². The van der Waals surface area contributed by atoms with Crippen LogP contribution < -0.4 is 5.32 Å². The molecule has 0 amide bonds. The molecule has 1 saturated carbocycles. The van der Waals surface area contributed by atoms with Crippen molar-refractivity contribution in [1.82, 2.24) is 5.32 Å². The van der Waals surface area contributed by atoms with Crippen molar-refractivity contribution in [3.8, 4) is 0 Å². The molecule has 4 atom stereocenters. The lowest BCUT2D eigenvalue weighted by Gasteiger charge is -2.44. The van der Waals surface area contributed by atoms with Gasteiger partial charge >= 0.3 is 0 Å². The van der Waals surface area contributed by atoms with Crippen LogP contribution in [-0.2, 0) is 0 Å². The fourth-order valence-corrected chi connectivity index (χ4v) is 3.56. The highest BCUT2D eigenvalue weighted by molar-refractivity contribution is 7.80. The molecular weight excluding hydrogens is 190 g/mol. The minimum absolute atomic E-state index is 0.663. The van der Waals surface area contributed by atoms with Crippen LogP contribution in [0.2, 0.25) is 0 Å². The Labute approximate surface area is 92.7 Å². The van der Waals surface area contributed by atoms with Gasteiger partial charge in [0.15, 0.2) is 0 Å². The molecule has 2 rings (SSSR count). The maximum absolute atomic E-state index is 5.44. The Balaban J connectivity index is 2.06. The molecule has 1 aliphatic heterocycles. The van der Waals surface area contributed by atoms with E-state index in [1.54, 1.807) is 0 Å². The first-order valence-electron chi connectivity index (χ1n) is 6.02. The number of fused-ring (bicyclic) bond motifs is 1. The predicted molar refractivity (Wildman–Crippen MR) is 64.4 cm³/mol. The van der Waals surface area contributed by atoms with Crippen molar-refractivity contribution in [3.63, 3.8) is 0 Å². The van der Waals surface area contributed by atoms with Crippen LogP contribution >= 0.6 is 12.2 Å². The van der Waals surface area contributed by atoms with E-state index in [0.29, 0.717) is 12.0 Å². The third-order valence-electron chi connectivity index (χ3n) is 4.12. The number of thiocarbonyl (C=S) groups is 1. The zero-order chi connectivity index (χ0) is 10.1. The van der Waals surface area contributed by atoms with Gasteiger partial charge in [0, 0.05) is 12.0 Å². The molecule has 2 heteroatoms. The zero-order valence-corrected chi connectivity index (χ0v) is 10.1. The number of rotatable bonds is 1. The first kappa shape index (κ1) is 10.4. The normalized spacial score (nSPS) is 42.9. The SMILES string of the molecule is CCC1CC2CCCC(C)C2NC1=S. The molecule has 0 aromatic heterocycles. The highest BCUT2D eigenvalue weighted by atomic mass is 32.1. The minimum Gasteiger partial charge on any atom is -0.376 e. The van der Waals surface area contributed by atoms with Crippen LogP contribution in [0.1, 0.15) is 46.0 Å². The Morgan fingerprint density at radius 2 is 2.21 bits per heavy atom. The molecule has 4 unspecified atom stereocenters. The van der Waals surface area contributed by atoms with Crippen LogP contribution in [0.5, 0.6) is 0 Å². The summed E-state index contributed by atoms with van der Waals surface area (Å²) in [4.78, 5) is 1.14. The highest BCUT2D eigenvalue weighted by Crippen LogP contribution is 2.37. The first-order valence-corrected chi connectivity index (χ1v) is 6.43. The number of nitrogens with one attached hydrogen (secondary N) is 1. The van der Waals surface area contributed by atoms with Crippen molar-refractivity contribution in [2.45, 2.75) is 52.0 Å². The maximum atomic E-state index is 5.44. The van der Waals surface area contributed by atoms with Crippen LogP contribution in [0.3, 0.4) is 0 Å². The number of piperidine rings is 1. The van der Waals surface area contributed by atoms with E-state index in [1.165, 1.54) is 32.1 Å². The van der Waals surface area contributed by atoms with Crippen LogP contribution in [0.25, 0.3) is 0 Å². The van der Waals surface area contributed by atoms with Gasteiger partial charge in [0.25, 0.3) is 0 Å². The van der Waals surface area contributed by atoms with Crippen LogP contribution in [0.4, 0.5) is 0 Å². The molecule has 0 bridgehead atoms. The van der Waals surface area contributed by atoms with Crippen molar-refractivity contribution in [3.05, 3.63) is 0 Å². The Bertz CT molecular complexity index is 226. The van der Waals surface area contributed by atoms with E-state index in [4.69, 9.17) is 12.2 Å². The van der Waals surface area contributed by atoms with Gasteiger partial charge in [0.1, 0.15) is 0 Å². The van der Waals surface area contributed by atoms with Crippen LogP contribution in [0.15, 0.2) is 0 Å². The summed E-state index contributed by atoms with van der Waals surface area (Å²) in [6, 6.07) is 0.694. The van der Waals surface area contributed by atoms with Gasteiger partial charge in [0.2, 0.25) is 0 Å². The lowest BCUT2D eigenvalue weighted by molar-refractivity contribution is 0.175. The Kier molecular flexibility index (Phi) is 3.10. The molecular formula is C12H21NS. The van der Waals surface area contributed by atoms with Crippen LogP contribution in [-0.4, -0.2) is 11.0 Å². The summed E-state index contributed by atoms with van der Waals surface area (Å²) < 4.78 is 0. The van der Waals surface area contributed by atoms with Gasteiger partial charge in [0.05, 0.1) is 4.99 Å². The molecule has 14 heavy (non-hydrogen) atoms. The quantitative estimate of drug-likeness (QED) is 0.669. The van der Waals surface area contributed by atoms with E-state index >= 15 is 0 Å². The van der Waals surface area contributed by atoms with E-state index in [9.17, 15) is 0 Å². The van der Waals surface area contributed by atoms with Gasteiger partial charge < -0.3 is 5.32 Å². The molecule has 1 heterocycles. The van der Waals surface area contributed by atoms with E-state index < -0.39 is 0 Å². The monoisotopic (exact) mass is 211 g/mol. The predicted octanol–water partition coefficient (Wildman–Crippen LogP) is 3.14. The summed E-state index contributed by atoms with van der Waals surface area (Å²) >= 11 is 5.44. The van der Waals surface area contributed by atoms with Crippen LogP contribution in [0, 0.1) is 17.8 Å². The molecule has 2 fully saturated rings. The Morgan fingerprint density at radius 3 is 2.93 bits per heavy atom. The van der Waals surface area contributed by atoms with Gasteiger partial charge in [-0.15, -0.1) is 0 Å². The fraction of sp³-hybridized carbons (Fsp3) is 0.917.